The van der Waals surface area contributed by atoms with E-state index in [1.54, 1.807) is 6.07 Å². The molecular formula is C12H14ClNO. The van der Waals surface area contributed by atoms with Crippen molar-refractivity contribution in [2.24, 2.45) is 5.41 Å². The molecule has 0 spiro atoms. The van der Waals surface area contributed by atoms with Gasteiger partial charge in [0, 0.05) is 21.6 Å². The lowest BCUT2D eigenvalue weighted by Crippen LogP contribution is -2.18. The maximum atomic E-state index is 7.75. The summed E-state index contributed by atoms with van der Waals surface area (Å²) in [5.74, 6) is 0.251. The summed E-state index contributed by atoms with van der Waals surface area (Å²) in [6.45, 7) is 6.29. The summed E-state index contributed by atoms with van der Waals surface area (Å²) in [6.07, 6.45) is -0.0706. The van der Waals surface area contributed by atoms with Gasteiger partial charge in [-0.25, -0.2) is 0 Å². The first-order valence-corrected chi connectivity index (χ1v) is 5.32. The smallest absolute Gasteiger partial charge is 0.214 e. The number of fused-ring (bicyclic) bond motifs is 1. The molecule has 1 unspecified atom stereocenters. The van der Waals surface area contributed by atoms with Crippen molar-refractivity contribution in [2.45, 2.75) is 26.9 Å². The van der Waals surface area contributed by atoms with Crippen molar-refractivity contribution in [2.75, 3.05) is 0 Å². The molecule has 1 heterocycles. The summed E-state index contributed by atoms with van der Waals surface area (Å²) in [5, 5.41) is 8.44. The van der Waals surface area contributed by atoms with E-state index in [4.69, 9.17) is 21.7 Å². The van der Waals surface area contributed by atoms with Crippen molar-refractivity contribution >= 4 is 17.5 Å². The van der Waals surface area contributed by atoms with Crippen LogP contribution in [0.2, 0.25) is 5.02 Å². The van der Waals surface area contributed by atoms with Crippen LogP contribution in [0.1, 0.15) is 38.0 Å². The van der Waals surface area contributed by atoms with E-state index >= 15 is 0 Å². The molecule has 1 aromatic rings. The second-order valence-corrected chi connectivity index (χ2v) is 5.36. The van der Waals surface area contributed by atoms with Gasteiger partial charge in [0.2, 0.25) is 5.90 Å². The second kappa shape index (κ2) is 3.24. The third-order valence-electron chi connectivity index (χ3n) is 2.56. The topological polar surface area (TPSA) is 33.1 Å². The highest BCUT2D eigenvalue weighted by atomic mass is 35.5. The van der Waals surface area contributed by atoms with Crippen LogP contribution in [0.3, 0.4) is 0 Å². The van der Waals surface area contributed by atoms with E-state index in [1.807, 2.05) is 12.1 Å². The fourth-order valence-electron chi connectivity index (χ4n) is 1.85. The molecule has 0 aromatic heterocycles. The van der Waals surface area contributed by atoms with Crippen molar-refractivity contribution in [1.82, 2.24) is 0 Å². The van der Waals surface area contributed by atoms with Crippen molar-refractivity contribution in [1.29, 1.82) is 5.41 Å². The Kier molecular flexibility index (Phi) is 2.27. The van der Waals surface area contributed by atoms with Crippen LogP contribution in [-0.4, -0.2) is 5.90 Å². The van der Waals surface area contributed by atoms with Crippen LogP contribution in [0.5, 0.6) is 0 Å². The molecule has 80 valence electrons. The minimum Gasteiger partial charge on any atom is -0.469 e. The molecule has 1 aliphatic rings. The van der Waals surface area contributed by atoms with Gasteiger partial charge in [0.25, 0.3) is 0 Å². The summed E-state index contributed by atoms with van der Waals surface area (Å²) < 4.78 is 5.58. The van der Waals surface area contributed by atoms with Crippen molar-refractivity contribution in [3.8, 4) is 0 Å². The Morgan fingerprint density at radius 3 is 2.60 bits per heavy atom. The zero-order valence-electron chi connectivity index (χ0n) is 9.10. The van der Waals surface area contributed by atoms with Crippen LogP contribution in [0, 0.1) is 10.8 Å². The molecule has 0 saturated heterocycles. The van der Waals surface area contributed by atoms with E-state index in [1.165, 1.54) is 0 Å². The van der Waals surface area contributed by atoms with Crippen molar-refractivity contribution in [3.05, 3.63) is 34.3 Å². The molecule has 2 rings (SSSR count). The Morgan fingerprint density at radius 2 is 2.00 bits per heavy atom. The molecule has 0 fully saturated rings. The van der Waals surface area contributed by atoms with Gasteiger partial charge in [-0.05, 0) is 18.2 Å². The van der Waals surface area contributed by atoms with Gasteiger partial charge in [-0.3, -0.25) is 5.41 Å². The minimum atomic E-state index is -0.0706. The normalized spacial score (nSPS) is 20.0. The number of halogens is 1. The van der Waals surface area contributed by atoms with Crippen LogP contribution in [0.15, 0.2) is 18.2 Å². The Labute approximate surface area is 94.7 Å². The summed E-state index contributed by atoms with van der Waals surface area (Å²) in [6, 6.07) is 5.55. The Hall–Kier alpha value is -1.02. The summed E-state index contributed by atoms with van der Waals surface area (Å²) in [4.78, 5) is 0. The molecule has 1 aromatic carbocycles. The molecular weight excluding hydrogens is 210 g/mol. The van der Waals surface area contributed by atoms with Crippen LogP contribution < -0.4 is 0 Å². The van der Waals surface area contributed by atoms with Gasteiger partial charge in [-0.2, -0.15) is 0 Å². The lowest BCUT2D eigenvalue weighted by Gasteiger charge is -2.26. The molecule has 1 aliphatic heterocycles. The molecule has 15 heavy (non-hydrogen) atoms. The second-order valence-electron chi connectivity index (χ2n) is 4.92. The van der Waals surface area contributed by atoms with E-state index in [2.05, 4.69) is 20.8 Å². The number of nitrogens with one attached hydrogen (secondary N) is 1. The highest BCUT2D eigenvalue weighted by molar-refractivity contribution is 6.30. The maximum Gasteiger partial charge on any atom is 0.214 e. The van der Waals surface area contributed by atoms with Crippen LogP contribution in [0.25, 0.3) is 0 Å². The van der Waals surface area contributed by atoms with Gasteiger partial charge >= 0.3 is 0 Å². The predicted molar refractivity (Wildman–Crippen MR) is 61.6 cm³/mol. The molecule has 0 aliphatic carbocycles. The highest BCUT2D eigenvalue weighted by Gasteiger charge is 2.37. The standard InChI is InChI=1S/C12H14ClNO/c1-12(2,3)10-9-6-7(13)4-5-8(9)11(14)15-10/h4-6,10,14H,1-3H3. The van der Waals surface area contributed by atoms with Gasteiger partial charge in [0.05, 0.1) is 0 Å². The highest BCUT2D eigenvalue weighted by Crippen LogP contribution is 2.43. The average molecular weight is 224 g/mol. The molecule has 0 saturated carbocycles. The monoisotopic (exact) mass is 223 g/mol. The van der Waals surface area contributed by atoms with Crippen LogP contribution in [0.4, 0.5) is 0 Å². The van der Waals surface area contributed by atoms with Gasteiger partial charge < -0.3 is 4.74 Å². The summed E-state index contributed by atoms with van der Waals surface area (Å²) in [5.41, 5.74) is 1.86. The van der Waals surface area contributed by atoms with Gasteiger partial charge in [0.1, 0.15) is 6.10 Å². The van der Waals surface area contributed by atoms with Gasteiger partial charge in [-0.15, -0.1) is 0 Å². The SMILES string of the molecule is CC(C)(C)C1OC(=N)c2ccc(Cl)cc21. The average Bonchev–Trinajstić information content (AvgIpc) is 2.42. The number of rotatable bonds is 0. The first kappa shape index (κ1) is 10.5. The molecule has 3 heteroatoms. The Balaban J connectivity index is 2.53. The fraction of sp³-hybridized carbons (Fsp3) is 0.417. The zero-order chi connectivity index (χ0) is 11.2. The third kappa shape index (κ3) is 1.74. The van der Waals surface area contributed by atoms with E-state index in [9.17, 15) is 0 Å². The molecule has 0 radical (unpaired) electrons. The minimum absolute atomic E-state index is 0.0256. The number of hydrogen-bond donors (Lipinski definition) is 1. The molecule has 0 amide bonds. The van der Waals surface area contributed by atoms with Crippen LogP contribution >= 0.6 is 11.6 Å². The van der Waals surface area contributed by atoms with Gasteiger partial charge in [0.15, 0.2) is 0 Å². The van der Waals surface area contributed by atoms with E-state index < -0.39 is 0 Å². The molecule has 0 bridgehead atoms. The van der Waals surface area contributed by atoms with E-state index in [0.29, 0.717) is 5.02 Å². The number of ether oxygens (including phenoxy) is 1. The molecule has 2 nitrogen and oxygen atoms in total. The zero-order valence-corrected chi connectivity index (χ0v) is 9.85. The summed E-state index contributed by atoms with van der Waals surface area (Å²) in [7, 11) is 0. The first-order chi connectivity index (χ1) is 6.89. The predicted octanol–water partition coefficient (Wildman–Crippen LogP) is 3.78. The third-order valence-corrected chi connectivity index (χ3v) is 2.80. The first-order valence-electron chi connectivity index (χ1n) is 4.94. The van der Waals surface area contributed by atoms with Gasteiger partial charge in [-0.1, -0.05) is 32.4 Å². The van der Waals surface area contributed by atoms with E-state index in [-0.39, 0.29) is 17.4 Å². The molecule has 1 N–H and O–H groups in total. The fourth-order valence-corrected chi connectivity index (χ4v) is 2.03. The largest absolute Gasteiger partial charge is 0.469 e. The Morgan fingerprint density at radius 1 is 1.33 bits per heavy atom. The van der Waals surface area contributed by atoms with Crippen molar-refractivity contribution < 1.29 is 4.74 Å². The summed E-state index contributed by atoms with van der Waals surface area (Å²) >= 11 is 5.96. The lowest BCUT2D eigenvalue weighted by molar-refractivity contribution is 0.0874. The molecule has 1 atom stereocenters. The quantitative estimate of drug-likeness (QED) is 0.713. The van der Waals surface area contributed by atoms with Crippen molar-refractivity contribution in [3.63, 3.8) is 0 Å². The lowest BCUT2D eigenvalue weighted by atomic mass is 9.84. The number of benzene rings is 1. The Bertz CT molecular complexity index is 420. The maximum absolute atomic E-state index is 7.75. The van der Waals surface area contributed by atoms with E-state index in [0.717, 1.165) is 11.1 Å². The number of hydrogen-bond acceptors (Lipinski definition) is 2. The van der Waals surface area contributed by atoms with Crippen LogP contribution in [-0.2, 0) is 4.74 Å².